The first-order valence-electron chi connectivity index (χ1n) is 11.3. The molecule has 0 bridgehead atoms. The monoisotopic (exact) mass is 456 g/mol. The Labute approximate surface area is 198 Å². The first-order chi connectivity index (χ1) is 16.6. The minimum absolute atomic E-state index is 0.00837. The van der Waals surface area contributed by atoms with Gasteiger partial charge in [0.05, 0.1) is 17.6 Å². The maximum Gasteiger partial charge on any atom is 0.227 e. The molecule has 9 heteroatoms. The normalized spacial score (nSPS) is 10.9. The fourth-order valence-electron chi connectivity index (χ4n) is 3.50. The number of aromatic nitrogens is 5. The number of hydrogen-bond donors (Lipinski definition) is 3. The summed E-state index contributed by atoms with van der Waals surface area (Å²) in [5.74, 6) is 1.16. The van der Waals surface area contributed by atoms with Gasteiger partial charge in [0.2, 0.25) is 11.9 Å². The quantitative estimate of drug-likeness (QED) is 0.325. The lowest BCUT2D eigenvalue weighted by atomic mass is 10.2. The Morgan fingerprint density at radius 1 is 1.00 bits per heavy atom. The first-order valence-corrected chi connectivity index (χ1v) is 11.3. The van der Waals surface area contributed by atoms with Gasteiger partial charge in [0.1, 0.15) is 5.82 Å². The molecule has 0 aliphatic carbocycles. The van der Waals surface area contributed by atoms with Gasteiger partial charge in [-0.05, 0) is 49.5 Å². The molecule has 174 valence electrons. The highest BCUT2D eigenvalue weighted by atomic mass is 16.1. The smallest absolute Gasteiger partial charge is 0.227 e. The number of amides is 1. The number of nitrogens with one attached hydrogen (secondary N) is 3. The number of carbonyl (C=O) groups is 1. The number of carbonyl (C=O) groups excluding carboxylic acids is 1. The third kappa shape index (κ3) is 6.02. The Bertz CT molecular complexity index is 1220. The van der Waals surface area contributed by atoms with Gasteiger partial charge >= 0.3 is 0 Å². The van der Waals surface area contributed by atoms with Gasteiger partial charge in [0.15, 0.2) is 0 Å². The molecule has 9 nitrogen and oxygen atoms in total. The van der Waals surface area contributed by atoms with E-state index in [-0.39, 0.29) is 5.91 Å². The van der Waals surface area contributed by atoms with Crippen LogP contribution in [0.1, 0.15) is 20.3 Å². The van der Waals surface area contributed by atoms with Crippen molar-refractivity contribution in [1.82, 2.24) is 29.8 Å². The standard InChI is InChI=1S/C25H28N8O/c1-3-33(4-2)14-11-23(34)29-19-8-5-9-20(15-19)30-25-27-13-10-21(32-25)22-17-28-24(31-22)18-7-6-12-26-16-18/h5-10,12-13,15-17H,3-4,11,14H2,1-2H3,(H,28,31)(H,29,34)(H,27,30,32). The molecule has 34 heavy (non-hydrogen) atoms. The fourth-order valence-corrected chi connectivity index (χ4v) is 3.50. The minimum atomic E-state index is -0.00837. The molecule has 0 unspecified atom stereocenters. The second-order valence-corrected chi connectivity index (χ2v) is 7.68. The maximum absolute atomic E-state index is 12.3. The van der Waals surface area contributed by atoms with Gasteiger partial charge in [-0.2, -0.15) is 0 Å². The number of anilines is 3. The summed E-state index contributed by atoms with van der Waals surface area (Å²) in [6, 6.07) is 13.1. The van der Waals surface area contributed by atoms with Crippen molar-refractivity contribution in [3.8, 4) is 22.8 Å². The van der Waals surface area contributed by atoms with Crippen LogP contribution < -0.4 is 10.6 Å². The van der Waals surface area contributed by atoms with E-state index in [0.29, 0.717) is 18.1 Å². The molecule has 0 radical (unpaired) electrons. The SMILES string of the molecule is CCN(CC)CCC(=O)Nc1cccc(Nc2nccc(-c3cnc(-c4cccnc4)[nH]3)n2)c1. The third-order valence-electron chi connectivity index (χ3n) is 5.39. The predicted molar refractivity (Wildman–Crippen MR) is 134 cm³/mol. The Morgan fingerprint density at radius 2 is 1.85 bits per heavy atom. The Hall–Kier alpha value is -4.11. The molecule has 0 atom stereocenters. The van der Waals surface area contributed by atoms with E-state index in [1.807, 2.05) is 42.5 Å². The topological polar surface area (TPSA) is 112 Å². The summed E-state index contributed by atoms with van der Waals surface area (Å²) in [6.45, 7) is 6.81. The largest absolute Gasteiger partial charge is 0.337 e. The van der Waals surface area contributed by atoms with Crippen LogP contribution in [0.25, 0.3) is 22.8 Å². The highest BCUT2D eigenvalue weighted by molar-refractivity contribution is 5.91. The number of imidazole rings is 1. The summed E-state index contributed by atoms with van der Waals surface area (Å²) >= 11 is 0. The zero-order valence-electron chi connectivity index (χ0n) is 19.3. The van der Waals surface area contributed by atoms with E-state index in [0.717, 1.165) is 48.1 Å². The average Bonchev–Trinajstić information content (AvgIpc) is 3.36. The summed E-state index contributed by atoms with van der Waals surface area (Å²) < 4.78 is 0. The molecule has 3 N–H and O–H groups in total. The van der Waals surface area contributed by atoms with Crippen molar-refractivity contribution >= 4 is 23.2 Å². The van der Waals surface area contributed by atoms with Gasteiger partial charge < -0.3 is 20.5 Å². The molecule has 3 heterocycles. The van der Waals surface area contributed by atoms with Gasteiger partial charge in [-0.25, -0.2) is 15.0 Å². The molecule has 1 amide bonds. The van der Waals surface area contributed by atoms with Gasteiger partial charge in [0, 0.05) is 48.5 Å². The number of pyridine rings is 1. The van der Waals surface area contributed by atoms with Crippen LogP contribution in [0.2, 0.25) is 0 Å². The molecule has 0 fully saturated rings. The molecule has 0 spiro atoms. The van der Waals surface area contributed by atoms with Crippen LogP contribution in [0.3, 0.4) is 0 Å². The van der Waals surface area contributed by atoms with Crippen molar-refractivity contribution in [2.45, 2.75) is 20.3 Å². The van der Waals surface area contributed by atoms with E-state index in [1.54, 1.807) is 24.8 Å². The summed E-state index contributed by atoms with van der Waals surface area (Å²) in [6.07, 6.45) is 7.36. The molecule has 0 aliphatic heterocycles. The fraction of sp³-hybridized carbons (Fsp3) is 0.240. The van der Waals surface area contributed by atoms with E-state index in [1.165, 1.54) is 0 Å². The van der Waals surface area contributed by atoms with E-state index in [4.69, 9.17) is 0 Å². The van der Waals surface area contributed by atoms with Crippen LogP contribution in [0.5, 0.6) is 0 Å². The van der Waals surface area contributed by atoms with Crippen LogP contribution in [-0.4, -0.2) is 55.4 Å². The lowest BCUT2D eigenvalue weighted by Gasteiger charge is -2.17. The molecule has 0 aliphatic rings. The minimum Gasteiger partial charge on any atom is -0.337 e. The Balaban J connectivity index is 1.42. The van der Waals surface area contributed by atoms with Gasteiger partial charge in [-0.3, -0.25) is 9.78 Å². The number of rotatable bonds is 10. The molecule has 1 aromatic carbocycles. The second kappa shape index (κ2) is 11.2. The lowest BCUT2D eigenvalue weighted by Crippen LogP contribution is -2.27. The van der Waals surface area contributed by atoms with Crippen LogP contribution in [0.4, 0.5) is 17.3 Å². The van der Waals surface area contributed by atoms with Crippen LogP contribution in [-0.2, 0) is 4.79 Å². The van der Waals surface area contributed by atoms with Gasteiger partial charge in [-0.1, -0.05) is 19.9 Å². The number of nitrogens with zero attached hydrogens (tertiary/aromatic N) is 5. The molecular formula is C25H28N8O. The Kier molecular flexibility index (Phi) is 7.56. The highest BCUT2D eigenvalue weighted by Crippen LogP contribution is 2.22. The molecular weight excluding hydrogens is 428 g/mol. The highest BCUT2D eigenvalue weighted by Gasteiger charge is 2.09. The zero-order chi connectivity index (χ0) is 23.8. The third-order valence-corrected chi connectivity index (χ3v) is 5.39. The van der Waals surface area contributed by atoms with Crippen molar-refractivity contribution in [2.24, 2.45) is 0 Å². The predicted octanol–water partition coefficient (Wildman–Crippen LogP) is 4.34. The van der Waals surface area contributed by atoms with Crippen molar-refractivity contribution < 1.29 is 4.79 Å². The molecule has 0 saturated heterocycles. The van der Waals surface area contributed by atoms with Crippen molar-refractivity contribution in [3.05, 3.63) is 67.3 Å². The summed E-state index contributed by atoms with van der Waals surface area (Å²) in [4.78, 5) is 35.3. The average molecular weight is 457 g/mol. The molecule has 4 aromatic rings. The van der Waals surface area contributed by atoms with E-state index >= 15 is 0 Å². The summed E-state index contributed by atoms with van der Waals surface area (Å²) in [5.41, 5.74) is 3.89. The number of H-pyrrole nitrogens is 1. The van der Waals surface area contributed by atoms with Gasteiger partial charge in [0.25, 0.3) is 0 Å². The van der Waals surface area contributed by atoms with Crippen LogP contribution in [0.15, 0.2) is 67.3 Å². The first kappa shape index (κ1) is 23.1. The lowest BCUT2D eigenvalue weighted by molar-refractivity contribution is -0.116. The number of hydrogen-bond acceptors (Lipinski definition) is 7. The van der Waals surface area contributed by atoms with Gasteiger partial charge in [-0.15, -0.1) is 0 Å². The zero-order valence-corrected chi connectivity index (χ0v) is 19.3. The van der Waals surface area contributed by atoms with E-state index in [2.05, 4.69) is 54.3 Å². The van der Waals surface area contributed by atoms with E-state index < -0.39 is 0 Å². The molecule has 0 saturated carbocycles. The van der Waals surface area contributed by atoms with Crippen molar-refractivity contribution in [3.63, 3.8) is 0 Å². The summed E-state index contributed by atoms with van der Waals surface area (Å²) in [5, 5.41) is 6.17. The molecule has 3 aromatic heterocycles. The summed E-state index contributed by atoms with van der Waals surface area (Å²) in [7, 11) is 0. The van der Waals surface area contributed by atoms with E-state index in [9.17, 15) is 4.79 Å². The molecule has 4 rings (SSSR count). The number of benzene rings is 1. The number of aromatic amines is 1. The van der Waals surface area contributed by atoms with Crippen molar-refractivity contribution in [2.75, 3.05) is 30.3 Å². The second-order valence-electron chi connectivity index (χ2n) is 7.68. The van der Waals surface area contributed by atoms with Crippen molar-refractivity contribution in [1.29, 1.82) is 0 Å². The van der Waals surface area contributed by atoms with Crippen LogP contribution in [0, 0.1) is 0 Å². The Morgan fingerprint density at radius 3 is 2.65 bits per heavy atom. The van der Waals surface area contributed by atoms with Crippen LogP contribution >= 0.6 is 0 Å². The maximum atomic E-state index is 12.3.